The summed E-state index contributed by atoms with van der Waals surface area (Å²) in [6.45, 7) is -5.24. The predicted octanol–water partition coefficient (Wildman–Crippen LogP) is 4.87. The van der Waals surface area contributed by atoms with Crippen LogP contribution in [-0.4, -0.2) is 6.56 Å². The molecule has 0 aliphatic carbocycles. The monoisotopic (exact) mass is 513 g/mol. The van der Waals surface area contributed by atoms with Crippen LogP contribution in [0.25, 0.3) is 11.3 Å². The van der Waals surface area contributed by atoms with Gasteiger partial charge in [0.05, 0.1) is 0 Å². The van der Waals surface area contributed by atoms with Crippen molar-refractivity contribution in [3.8, 4) is 11.3 Å². The molecule has 2 heterocycles. The van der Waals surface area contributed by atoms with Gasteiger partial charge in [-0.05, 0) is 40.6 Å². The second-order valence-electron chi connectivity index (χ2n) is 8.18. The molecule has 12 heteroatoms. The number of benzene rings is 3. The highest BCUT2D eigenvalue weighted by Crippen LogP contribution is 2.31. The molecule has 0 unspecified atom stereocenters. The van der Waals surface area contributed by atoms with Gasteiger partial charge in [0.2, 0.25) is 0 Å². The van der Waals surface area contributed by atoms with Gasteiger partial charge in [0.15, 0.2) is 40.6 Å². The number of hydrogen-bond acceptors (Lipinski definition) is 0. The molecular formula is C24H10BF10N. The van der Waals surface area contributed by atoms with Crippen LogP contribution in [0.5, 0.6) is 0 Å². The number of rotatable bonds is 1. The quantitative estimate of drug-likeness (QED) is 0.148. The summed E-state index contributed by atoms with van der Waals surface area (Å²) in [7, 11) is 0. The fourth-order valence-corrected chi connectivity index (χ4v) is 4.76. The van der Waals surface area contributed by atoms with Gasteiger partial charge >= 0.3 is 6.56 Å². The number of fused-ring (bicyclic) bond motifs is 4. The van der Waals surface area contributed by atoms with Gasteiger partial charge < -0.3 is 8.79 Å². The molecule has 0 radical (unpaired) electrons. The van der Waals surface area contributed by atoms with E-state index in [-0.39, 0.29) is 16.8 Å². The molecule has 5 rings (SSSR count). The zero-order chi connectivity index (χ0) is 26.1. The Kier molecular flexibility index (Phi) is 5.38. The van der Waals surface area contributed by atoms with Gasteiger partial charge in [-0.25, -0.2) is 39.5 Å². The highest BCUT2D eigenvalue weighted by atomic mass is 19.2. The Labute approximate surface area is 196 Å². The van der Waals surface area contributed by atoms with Crippen LogP contribution in [0.1, 0.15) is 11.1 Å². The smallest absolute Gasteiger partial charge is 0.434 e. The molecule has 1 nitrogen and oxygen atoms in total. The molecule has 1 aliphatic rings. The first kappa shape index (κ1) is 23.9. The molecule has 1 aliphatic heterocycles. The van der Waals surface area contributed by atoms with E-state index in [9.17, 15) is 22.0 Å². The van der Waals surface area contributed by atoms with E-state index in [0.717, 1.165) is 12.3 Å². The third-order valence-corrected chi connectivity index (χ3v) is 6.35. The lowest BCUT2D eigenvalue weighted by Gasteiger charge is -2.34. The van der Waals surface area contributed by atoms with Gasteiger partial charge in [0, 0.05) is 11.6 Å². The van der Waals surface area contributed by atoms with Crippen LogP contribution in [0, 0.1) is 52.4 Å². The molecule has 184 valence electrons. The van der Waals surface area contributed by atoms with Crippen LogP contribution in [0.2, 0.25) is 0 Å². The second-order valence-corrected chi connectivity index (χ2v) is 8.18. The standard InChI is InChI=1S/C24H10BF10N/c26-16-12-9-10-5-1-2-6-11(10)13-7-3-4-8-36(13)25(35,14(12)17(27)21(31)20(16)30)15-18(28)22(32)24(34)23(33)19(15)29/h1-8H,9H2/t25-/m0/s1. The SMILES string of the molecule is Fc1c(F)c(F)c([B@-]2(F)c3c(F)c(F)c(F)c(F)c3Cc3ccccc3-c3cccc[n+]32)c(F)c1F. The van der Waals surface area contributed by atoms with Gasteiger partial charge in [-0.3, -0.25) is 0 Å². The summed E-state index contributed by atoms with van der Waals surface area (Å²) in [6.07, 6.45) is -0.0129. The highest BCUT2D eigenvalue weighted by Gasteiger charge is 2.54. The number of halogens is 10. The number of aromatic nitrogens is 1. The maximum Gasteiger partial charge on any atom is 0.504 e. The first-order chi connectivity index (χ1) is 17.0. The summed E-state index contributed by atoms with van der Waals surface area (Å²) in [5, 5.41) is 0. The Morgan fingerprint density at radius 3 is 1.69 bits per heavy atom. The number of pyridine rings is 1. The maximum atomic E-state index is 17.4. The lowest BCUT2D eigenvalue weighted by Crippen LogP contribution is -2.79. The minimum atomic E-state index is -5.24. The summed E-state index contributed by atoms with van der Waals surface area (Å²) in [5.41, 5.74) is -5.07. The average molecular weight is 513 g/mol. The molecule has 3 aromatic carbocycles. The summed E-state index contributed by atoms with van der Waals surface area (Å²) >= 11 is 0. The molecule has 0 saturated heterocycles. The molecule has 0 saturated carbocycles. The third-order valence-electron chi connectivity index (χ3n) is 6.35. The van der Waals surface area contributed by atoms with Crippen molar-refractivity contribution in [1.82, 2.24) is 0 Å². The van der Waals surface area contributed by atoms with E-state index in [2.05, 4.69) is 0 Å². The lowest BCUT2D eigenvalue weighted by atomic mass is 9.42. The van der Waals surface area contributed by atoms with E-state index in [1.807, 2.05) is 0 Å². The summed E-state index contributed by atoms with van der Waals surface area (Å²) in [4.78, 5) is 0. The molecule has 0 amide bonds. The van der Waals surface area contributed by atoms with E-state index in [1.165, 1.54) is 36.4 Å². The van der Waals surface area contributed by atoms with Crippen molar-refractivity contribution in [3.05, 3.63) is 112 Å². The zero-order valence-electron chi connectivity index (χ0n) is 17.6. The van der Waals surface area contributed by atoms with Crippen molar-refractivity contribution in [3.63, 3.8) is 0 Å². The van der Waals surface area contributed by atoms with Crippen molar-refractivity contribution >= 4 is 17.5 Å². The van der Waals surface area contributed by atoms with Gasteiger partial charge in [0.1, 0.15) is 23.6 Å². The zero-order valence-corrected chi connectivity index (χ0v) is 17.6. The molecule has 0 fully saturated rings. The number of hydrogen-bond donors (Lipinski definition) is 0. The molecule has 0 N–H and O–H groups in total. The van der Waals surface area contributed by atoms with Crippen LogP contribution in [0.4, 0.5) is 43.8 Å². The van der Waals surface area contributed by atoms with Crippen LogP contribution >= 0.6 is 0 Å². The maximum absolute atomic E-state index is 17.4. The van der Waals surface area contributed by atoms with E-state index in [4.69, 9.17) is 0 Å². The molecule has 4 aromatic rings. The Morgan fingerprint density at radius 1 is 0.556 bits per heavy atom. The van der Waals surface area contributed by atoms with Crippen LogP contribution < -0.4 is 15.4 Å². The first-order valence-corrected chi connectivity index (χ1v) is 10.3. The minimum Gasteiger partial charge on any atom is -0.434 e. The Bertz CT molecular complexity index is 1560. The normalized spacial score (nSPS) is 16.6. The van der Waals surface area contributed by atoms with Gasteiger partial charge in [-0.1, -0.05) is 24.3 Å². The molecule has 0 bridgehead atoms. The van der Waals surface area contributed by atoms with E-state index in [1.54, 1.807) is 0 Å². The van der Waals surface area contributed by atoms with Crippen molar-refractivity contribution < 1.29 is 48.3 Å². The van der Waals surface area contributed by atoms with Gasteiger partial charge in [-0.15, -0.1) is 0 Å². The topological polar surface area (TPSA) is 3.88 Å². The minimum absolute atomic E-state index is 0.0982. The van der Waals surface area contributed by atoms with E-state index < -0.39 is 81.8 Å². The largest absolute Gasteiger partial charge is 0.504 e. The Balaban J connectivity index is 2.09. The Morgan fingerprint density at radius 2 is 1.06 bits per heavy atom. The summed E-state index contributed by atoms with van der Waals surface area (Å²) in [5.74, 6) is -22.4. The second kappa shape index (κ2) is 8.11. The summed E-state index contributed by atoms with van der Waals surface area (Å²) in [6, 6.07) is 9.28. The van der Waals surface area contributed by atoms with Crippen molar-refractivity contribution in [2.75, 3.05) is 0 Å². The van der Waals surface area contributed by atoms with Crippen molar-refractivity contribution in [2.45, 2.75) is 6.42 Å². The molecule has 36 heavy (non-hydrogen) atoms. The van der Waals surface area contributed by atoms with Crippen molar-refractivity contribution in [2.24, 2.45) is 0 Å². The first-order valence-electron chi connectivity index (χ1n) is 10.3. The molecule has 1 atom stereocenters. The fourth-order valence-electron chi connectivity index (χ4n) is 4.76. The highest BCUT2D eigenvalue weighted by molar-refractivity contribution is 6.91. The summed E-state index contributed by atoms with van der Waals surface area (Å²) < 4.78 is 149. The lowest BCUT2D eigenvalue weighted by molar-refractivity contribution is -0.538. The van der Waals surface area contributed by atoms with E-state index >= 15 is 21.9 Å². The van der Waals surface area contributed by atoms with Gasteiger partial charge in [-0.2, -0.15) is 0 Å². The van der Waals surface area contributed by atoms with E-state index in [0.29, 0.717) is 4.48 Å². The van der Waals surface area contributed by atoms with Crippen LogP contribution in [0.15, 0.2) is 48.7 Å². The van der Waals surface area contributed by atoms with Crippen molar-refractivity contribution in [1.29, 1.82) is 0 Å². The third kappa shape index (κ3) is 3.02. The van der Waals surface area contributed by atoms with Crippen LogP contribution in [-0.2, 0) is 6.42 Å². The van der Waals surface area contributed by atoms with Gasteiger partial charge in [0.25, 0.3) is 0 Å². The average Bonchev–Trinajstić information content (AvgIpc) is 2.88. The molecular weight excluding hydrogens is 503 g/mol. The predicted molar refractivity (Wildman–Crippen MR) is 109 cm³/mol. The fraction of sp³-hybridized carbons (Fsp3) is 0.0417. The Hall–Kier alpha value is -3.83. The van der Waals surface area contributed by atoms with Crippen LogP contribution in [0.3, 0.4) is 0 Å². The number of nitrogens with zero attached hydrogens (tertiary/aromatic N) is 1. The molecule has 1 aromatic heterocycles. The molecule has 0 spiro atoms.